The van der Waals surface area contributed by atoms with Crippen LogP contribution in [-0.4, -0.2) is 24.6 Å². The van der Waals surface area contributed by atoms with E-state index in [1.54, 1.807) is 11.3 Å². The molecule has 2 heterocycles. The molecule has 0 aromatic carbocycles. The molecular weight excluding hydrogens is 206 g/mol. The minimum absolute atomic E-state index is 0.663. The zero-order chi connectivity index (χ0) is 10.7. The van der Waals surface area contributed by atoms with Crippen molar-refractivity contribution in [3.05, 3.63) is 23.7 Å². The summed E-state index contributed by atoms with van der Waals surface area (Å²) in [6.07, 6.45) is 1.87. The normalized spacial score (nSPS) is 10.8. The van der Waals surface area contributed by atoms with Crippen molar-refractivity contribution in [2.24, 2.45) is 5.73 Å². The largest absolute Gasteiger partial charge is 0.355 e. The summed E-state index contributed by atoms with van der Waals surface area (Å²) in [5, 5.41) is 3.34. The molecule has 2 N–H and O–H groups in total. The van der Waals surface area contributed by atoms with Crippen molar-refractivity contribution in [2.45, 2.75) is 6.92 Å². The minimum atomic E-state index is 0.663. The Balaban J connectivity index is 2.44. The number of rotatable bonds is 4. The van der Waals surface area contributed by atoms with Crippen LogP contribution in [0.15, 0.2) is 23.7 Å². The van der Waals surface area contributed by atoms with E-state index < -0.39 is 0 Å². The Kier molecular flexibility index (Phi) is 3.18. The summed E-state index contributed by atoms with van der Waals surface area (Å²) in [6, 6.07) is 4.18. The zero-order valence-corrected chi connectivity index (χ0v) is 9.63. The van der Waals surface area contributed by atoms with Gasteiger partial charge in [-0.3, -0.25) is 0 Å². The predicted octanol–water partition coefficient (Wildman–Crippen LogP) is 2.08. The molecule has 15 heavy (non-hydrogen) atoms. The van der Waals surface area contributed by atoms with Gasteiger partial charge in [-0.2, -0.15) is 0 Å². The molecule has 0 atom stereocenters. The lowest BCUT2D eigenvalue weighted by Gasteiger charge is -2.21. The maximum atomic E-state index is 5.59. The van der Waals surface area contributed by atoms with E-state index in [-0.39, 0.29) is 0 Å². The molecule has 0 bridgehead atoms. The zero-order valence-electron chi connectivity index (χ0n) is 8.81. The first-order chi connectivity index (χ1) is 7.36. The topological polar surface area (TPSA) is 42.1 Å². The maximum absolute atomic E-state index is 5.59. The SMILES string of the molecule is CCN(CCN)c1nccc2sccc12. The van der Waals surface area contributed by atoms with Crippen LogP contribution in [0.25, 0.3) is 10.1 Å². The molecule has 0 aliphatic carbocycles. The number of nitrogens with two attached hydrogens (primary N) is 1. The summed E-state index contributed by atoms with van der Waals surface area (Å²) in [4.78, 5) is 6.66. The molecular formula is C11H15N3S. The van der Waals surface area contributed by atoms with E-state index in [0.29, 0.717) is 6.54 Å². The lowest BCUT2D eigenvalue weighted by molar-refractivity contribution is 0.806. The molecule has 0 amide bonds. The van der Waals surface area contributed by atoms with Gasteiger partial charge in [0.15, 0.2) is 0 Å². The van der Waals surface area contributed by atoms with Crippen LogP contribution in [0.3, 0.4) is 0 Å². The Bertz CT molecular complexity index is 438. The highest BCUT2D eigenvalue weighted by atomic mass is 32.1. The van der Waals surface area contributed by atoms with Crippen molar-refractivity contribution in [3.8, 4) is 0 Å². The number of aromatic nitrogens is 1. The van der Waals surface area contributed by atoms with E-state index in [1.165, 1.54) is 10.1 Å². The van der Waals surface area contributed by atoms with Crippen LogP contribution < -0.4 is 10.6 Å². The number of nitrogens with zero attached hydrogens (tertiary/aromatic N) is 2. The molecule has 2 aromatic heterocycles. The average molecular weight is 221 g/mol. The summed E-state index contributed by atoms with van der Waals surface area (Å²) in [5.74, 6) is 1.06. The summed E-state index contributed by atoms with van der Waals surface area (Å²) >= 11 is 1.75. The fourth-order valence-corrected chi connectivity index (χ4v) is 2.48. The number of hydrogen-bond donors (Lipinski definition) is 1. The predicted molar refractivity (Wildman–Crippen MR) is 66.6 cm³/mol. The van der Waals surface area contributed by atoms with Gasteiger partial charge in [0.2, 0.25) is 0 Å². The molecule has 0 unspecified atom stereocenters. The van der Waals surface area contributed by atoms with Crippen LogP contribution in [-0.2, 0) is 0 Å². The van der Waals surface area contributed by atoms with Crippen molar-refractivity contribution < 1.29 is 0 Å². The number of anilines is 1. The van der Waals surface area contributed by atoms with E-state index >= 15 is 0 Å². The quantitative estimate of drug-likeness (QED) is 0.859. The molecule has 0 aliphatic rings. The molecule has 0 radical (unpaired) electrons. The fourth-order valence-electron chi connectivity index (χ4n) is 1.70. The van der Waals surface area contributed by atoms with Gasteiger partial charge < -0.3 is 10.6 Å². The standard InChI is InChI=1S/C11H15N3S/c1-2-14(7-5-12)11-9-4-8-15-10(9)3-6-13-11/h3-4,6,8H,2,5,7,12H2,1H3. The Morgan fingerprint density at radius 3 is 3.07 bits per heavy atom. The summed E-state index contributed by atoms with van der Waals surface area (Å²) < 4.78 is 1.29. The van der Waals surface area contributed by atoms with Crippen LogP contribution >= 0.6 is 11.3 Å². The molecule has 2 aromatic rings. The van der Waals surface area contributed by atoms with Crippen molar-refractivity contribution in [2.75, 3.05) is 24.5 Å². The fraction of sp³-hybridized carbons (Fsp3) is 0.364. The van der Waals surface area contributed by atoms with Crippen LogP contribution in [0, 0.1) is 0 Å². The van der Waals surface area contributed by atoms with Gasteiger partial charge in [0, 0.05) is 35.9 Å². The van der Waals surface area contributed by atoms with Gasteiger partial charge in [-0.1, -0.05) is 0 Å². The Hall–Kier alpha value is -1.13. The molecule has 3 nitrogen and oxygen atoms in total. The van der Waals surface area contributed by atoms with Crippen LogP contribution in [0.4, 0.5) is 5.82 Å². The number of likely N-dealkylation sites (N-methyl/N-ethyl adjacent to an activating group) is 1. The monoisotopic (exact) mass is 221 g/mol. The average Bonchev–Trinajstić information content (AvgIpc) is 2.73. The number of pyridine rings is 1. The first-order valence-electron chi connectivity index (χ1n) is 5.14. The third-order valence-electron chi connectivity index (χ3n) is 2.44. The van der Waals surface area contributed by atoms with E-state index in [0.717, 1.165) is 18.9 Å². The molecule has 0 fully saturated rings. The van der Waals surface area contributed by atoms with E-state index in [1.807, 2.05) is 6.20 Å². The number of hydrogen-bond acceptors (Lipinski definition) is 4. The molecule has 0 aliphatic heterocycles. The first-order valence-corrected chi connectivity index (χ1v) is 6.02. The highest BCUT2D eigenvalue weighted by Gasteiger charge is 2.09. The molecule has 0 saturated heterocycles. The Morgan fingerprint density at radius 1 is 1.47 bits per heavy atom. The molecule has 0 saturated carbocycles. The van der Waals surface area contributed by atoms with Crippen LogP contribution in [0.1, 0.15) is 6.92 Å². The van der Waals surface area contributed by atoms with E-state index in [9.17, 15) is 0 Å². The number of thiophene rings is 1. The lowest BCUT2D eigenvalue weighted by atomic mass is 10.3. The third kappa shape index (κ3) is 1.96. The third-order valence-corrected chi connectivity index (χ3v) is 3.32. The van der Waals surface area contributed by atoms with Gasteiger partial charge in [0.1, 0.15) is 5.82 Å². The molecule has 4 heteroatoms. The summed E-state index contributed by atoms with van der Waals surface area (Å²) in [7, 11) is 0. The summed E-state index contributed by atoms with van der Waals surface area (Å²) in [6.45, 7) is 4.59. The molecule has 0 spiro atoms. The van der Waals surface area contributed by atoms with Crippen molar-refractivity contribution in [3.63, 3.8) is 0 Å². The van der Waals surface area contributed by atoms with E-state index in [2.05, 4.69) is 34.3 Å². The van der Waals surface area contributed by atoms with Gasteiger partial charge in [-0.25, -0.2) is 4.98 Å². The highest BCUT2D eigenvalue weighted by molar-refractivity contribution is 7.17. The smallest absolute Gasteiger partial charge is 0.137 e. The second-order valence-electron chi connectivity index (χ2n) is 3.34. The second-order valence-corrected chi connectivity index (χ2v) is 4.28. The van der Waals surface area contributed by atoms with Gasteiger partial charge in [-0.05, 0) is 24.4 Å². The van der Waals surface area contributed by atoms with Crippen molar-refractivity contribution in [1.29, 1.82) is 0 Å². The Labute approximate surface area is 93.5 Å². The van der Waals surface area contributed by atoms with Gasteiger partial charge >= 0.3 is 0 Å². The second kappa shape index (κ2) is 4.59. The lowest BCUT2D eigenvalue weighted by Crippen LogP contribution is -2.29. The Morgan fingerprint density at radius 2 is 2.33 bits per heavy atom. The van der Waals surface area contributed by atoms with E-state index in [4.69, 9.17) is 5.73 Å². The summed E-state index contributed by atoms with van der Waals surface area (Å²) in [5.41, 5.74) is 5.59. The highest BCUT2D eigenvalue weighted by Crippen LogP contribution is 2.27. The van der Waals surface area contributed by atoms with Crippen LogP contribution in [0.5, 0.6) is 0 Å². The van der Waals surface area contributed by atoms with Gasteiger partial charge in [0.05, 0.1) is 0 Å². The van der Waals surface area contributed by atoms with Gasteiger partial charge in [0.25, 0.3) is 0 Å². The number of fused-ring (bicyclic) bond motifs is 1. The van der Waals surface area contributed by atoms with Gasteiger partial charge in [-0.15, -0.1) is 11.3 Å². The van der Waals surface area contributed by atoms with Crippen molar-refractivity contribution >= 4 is 27.2 Å². The molecule has 80 valence electrons. The van der Waals surface area contributed by atoms with Crippen molar-refractivity contribution in [1.82, 2.24) is 4.98 Å². The molecule has 2 rings (SSSR count). The van der Waals surface area contributed by atoms with Crippen LogP contribution in [0.2, 0.25) is 0 Å². The maximum Gasteiger partial charge on any atom is 0.137 e. The minimum Gasteiger partial charge on any atom is -0.355 e. The first kappa shape index (κ1) is 10.4.